The third kappa shape index (κ3) is 2.10. The zero-order valence-electron chi connectivity index (χ0n) is 8.63. The van der Waals surface area contributed by atoms with Crippen molar-refractivity contribution in [3.8, 4) is 0 Å². The molecule has 2 nitrogen and oxygen atoms in total. The van der Waals surface area contributed by atoms with Crippen LogP contribution in [-0.4, -0.2) is 6.67 Å². The molecule has 0 fully saturated rings. The lowest BCUT2D eigenvalue weighted by Crippen LogP contribution is -2.13. The standard InChI is InChI=1S/C11H16N2S/c1-8(2)5-9-3-4-11(14-9)10-6-12-7-13-10/h3-4,6,8,12-13H,5,7H2,1-2H3. The summed E-state index contributed by atoms with van der Waals surface area (Å²) in [6.07, 6.45) is 3.23. The number of hydrogen-bond donors (Lipinski definition) is 2. The molecule has 0 saturated heterocycles. The highest BCUT2D eigenvalue weighted by atomic mass is 32.1. The predicted octanol–water partition coefficient (Wildman–Crippen LogP) is 2.40. The highest BCUT2D eigenvalue weighted by Gasteiger charge is 2.09. The maximum absolute atomic E-state index is 3.30. The van der Waals surface area contributed by atoms with Gasteiger partial charge in [-0.3, -0.25) is 0 Å². The normalized spacial score (nSPS) is 15.2. The van der Waals surface area contributed by atoms with E-state index in [0.717, 1.165) is 12.6 Å². The third-order valence-corrected chi connectivity index (χ3v) is 3.30. The molecule has 0 aliphatic carbocycles. The molecule has 1 aliphatic rings. The molecule has 1 aromatic heterocycles. The Bertz CT molecular complexity index is 339. The van der Waals surface area contributed by atoms with E-state index < -0.39 is 0 Å². The number of nitrogens with one attached hydrogen (secondary N) is 2. The zero-order chi connectivity index (χ0) is 9.97. The molecule has 1 aliphatic heterocycles. The Morgan fingerprint density at radius 1 is 1.43 bits per heavy atom. The number of thiophene rings is 1. The molecule has 0 saturated carbocycles. The van der Waals surface area contributed by atoms with Crippen LogP contribution in [-0.2, 0) is 6.42 Å². The van der Waals surface area contributed by atoms with Crippen LogP contribution in [0.3, 0.4) is 0 Å². The summed E-state index contributed by atoms with van der Waals surface area (Å²) in [7, 11) is 0. The first-order chi connectivity index (χ1) is 6.75. The molecule has 0 atom stereocenters. The van der Waals surface area contributed by atoms with E-state index in [0.29, 0.717) is 0 Å². The summed E-state index contributed by atoms with van der Waals surface area (Å²) in [6.45, 7) is 5.37. The van der Waals surface area contributed by atoms with E-state index in [-0.39, 0.29) is 0 Å². The predicted molar refractivity (Wildman–Crippen MR) is 62.0 cm³/mol. The van der Waals surface area contributed by atoms with E-state index in [9.17, 15) is 0 Å². The Hall–Kier alpha value is -0.960. The van der Waals surface area contributed by atoms with Crippen LogP contribution in [0.1, 0.15) is 23.6 Å². The van der Waals surface area contributed by atoms with Gasteiger partial charge in [-0.1, -0.05) is 13.8 Å². The molecule has 2 heterocycles. The molecular formula is C11H16N2S. The highest BCUT2D eigenvalue weighted by molar-refractivity contribution is 7.13. The number of hydrogen-bond acceptors (Lipinski definition) is 3. The SMILES string of the molecule is CC(C)Cc1ccc(C2=CNCN2)s1. The largest absolute Gasteiger partial charge is 0.372 e. The number of rotatable bonds is 3. The molecule has 14 heavy (non-hydrogen) atoms. The monoisotopic (exact) mass is 208 g/mol. The van der Waals surface area contributed by atoms with Gasteiger partial charge in [0.1, 0.15) is 0 Å². The van der Waals surface area contributed by atoms with Gasteiger partial charge in [-0.25, -0.2) is 0 Å². The second kappa shape index (κ2) is 4.05. The van der Waals surface area contributed by atoms with E-state index in [1.54, 1.807) is 0 Å². The average Bonchev–Trinajstić information content (AvgIpc) is 2.69. The molecule has 0 amide bonds. The Kier molecular flexibility index (Phi) is 2.77. The minimum absolute atomic E-state index is 0.741. The minimum atomic E-state index is 0.741. The summed E-state index contributed by atoms with van der Waals surface area (Å²) in [4.78, 5) is 2.82. The first kappa shape index (κ1) is 9.59. The van der Waals surface area contributed by atoms with Gasteiger partial charge < -0.3 is 10.6 Å². The quantitative estimate of drug-likeness (QED) is 0.797. The fourth-order valence-corrected chi connectivity index (χ4v) is 2.76. The van der Waals surface area contributed by atoms with Gasteiger partial charge in [-0.05, 0) is 24.5 Å². The fourth-order valence-electron chi connectivity index (χ4n) is 1.54. The van der Waals surface area contributed by atoms with Crippen molar-refractivity contribution in [2.45, 2.75) is 20.3 Å². The summed E-state index contributed by atoms with van der Waals surface area (Å²) in [5.41, 5.74) is 1.23. The Morgan fingerprint density at radius 2 is 2.29 bits per heavy atom. The molecule has 2 rings (SSSR count). The third-order valence-electron chi connectivity index (χ3n) is 2.16. The lowest BCUT2D eigenvalue weighted by atomic mass is 10.1. The molecule has 0 aromatic carbocycles. The van der Waals surface area contributed by atoms with Crippen LogP contribution in [0.25, 0.3) is 5.70 Å². The second-order valence-corrected chi connectivity index (χ2v) is 5.15. The molecular weight excluding hydrogens is 192 g/mol. The van der Waals surface area contributed by atoms with Crippen LogP contribution < -0.4 is 10.6 Å². The molecule has 3 heteroatoms. The van der Waals surface area contributed by atoms with Gasteiger partial charge in [-0.15, -0.1) is 11.3 Å². The van der Waals surface area contributed by atoms with E-state index in [2.05, 4.69) is 36.6 Å². The summed E-state index contributed by atoms with van der Waals surface area (Å²) in [5.74, 6) is 0.741. The van der Waals surface area contributed by atoms with Crippen molar-refractivity contribution in [3.05, 3.63) is 28.1 Å². The van der Waals surface area contributed by atoms with Crippen molar-refractivity contribution >= 4 is 17.0 Å². The van der Waals surface area contributed by atoms with Gasteiger partial charge in [0.2, 0.25) is 0 Å². The van der Waals surface area contributed by atoms with Gasteiger partial charge in [-0.2, -0.15) is 0 Å². The molecule has 1 aromatic rings. The van der Waals surface area contributed by atoms with Gasteiger partial charge >= 0.3 is 0 Å². The van der Waals surface area contributed by atoms with Crippen molar-refractivity contribution in [1.29, 1.82) is 0 Å². The summed E-state index contributed by atoms with van der Waals surface area (Å²) in [5, 5.41) is 6.45. The summed E-state index contributed by atoms with van der Waals surface area (Å²) < 4.78 is 0. The highest BCUT2D eigenvalue weighted by Crippen LogP contribution is 2.25. The smallest absolute Gasteiger partial charge is 0.0846 e. The molecule has 0 bridgehead atoms. The van der Waals surface area contributed by atoms with Crippen LogP contribution >= 0.6 is 11.3 Å². The maximum Gasteiger partial charge on any atom is 0.0846 e. The van der Waals surface area contributed by atoms with Crippen molar-refractivity contribution in [1.82, 2.24) is 10.6 Å². The summed E-state index contributed by atoms with van der Waals surface area (Å²) in [6, 6.07) is 4.44. The van der Waals surface area contributed by atoms with Crippen molar-refractivity contribution in [2.24, 2.45) is 5.92 Å². The lowest BCUT2D eigenvalue weighted by molar-refractivity contribution is 0.654. The Balaban J connectivity index is 2.09. The topological polar surface area (TPSA) is 24.1 Å². The second-order valence-electron chi connectivity index (χ2n) is 3.98. The average molecular weight is 208 g/mol. The van der Waals surface area contributed by atoms with Crippen LogP contribution in [0.4, 0.5) is 0 Å². The molecule has 0 spiro atoms. The van der Waals surface area contributed by atoms with Crippen molar-refractivity contribution in [2.75, 3.05) is 6.67 Å². The first-order valence-electron chi connectivity index (χ1n) is 5.02. The van der Waals surface area contributed by atoms with Crippen LogP contribution in [0.15, 0.2) is 18.3 Å². The summed E-state index contributed by atoms with van der Waals surface area (Å²) >= 11 is 1.89. The van der Waals surface area contributed by atoms with Gasteiger partial charge in [0.05, 0.1) is 17.2 Å². The molecule has 76 valence electrons. The molecule has 0 unspecified atom stereocenters. The van der Waals surface area contributed by atoms with E-state index in [1.165, 1.54) is 21.9 Å². The van der Waals surface area contributed by atoms with Gasteiger partial charge in [0.25, 0.3) is 0 Å². The fraction of sp³-hybridized carbons (Fsp3) is 0.455. The van der Waals surface area contributed by atoms with Crippen LogP contribution in [0.2, 0.25) is 0 Å². The Labute approximate surface area is 89.0 Å². The minimum Gasteiger partial charge on any atom is -0.372 e. The lowest BCUT2D eigenvalue weighted by Gasteiger charge is -2.00. The van der Waals surface area contributed by atoms with Gasteiger partial charge in [0, 0.05) is 11.1 Å². The van der Waals surface area contributed by atoms with E-state index in [1.807, 2.05) is 17.5 Å². The first-order valence-corrected chi connectivity index (χ1v) is 5.84. The Morgan fingerprint density at radius 3 is 2.93 bits per heavy atom. The van der Waals surface area contributed by atoms with E-state index in [4.69, 9.17) is 0 Å². The van der Waals surface area contributed by atoms with Gasteiger partial charge in [0.15, 0.2) is 0 Å². The molecule has 2 N–H and O–H groups in total. The molecule has 0 radical (unpaired) electrons. The van der Waals surface area contributed by atoms with Crippen LogP contribution in [0.5, 0.6) is 0 Å². The van der Waals surface area contributed by atoms with E-state index >= 15 is 0 Å². The van der Waals surface area contributed by atoms with Crippen LogP contribution in [0, 0.1) is 5.92 Å². The van der Waals surface area contributed by atoms with Crippen molar-refractivity contribution < 1.29 is 0 Å². The maximum atomic E-state index is 3.30. The van der Waals surface area contributed by atoms with Crippen molar-refractivity contribution in [3.63, 3.8) is 0 Å². The zero-order valence-corrected chi connectivity index (χ0v) is 9.45.